The molecule has 0 aliphatic heterocycles. The highest BCUT2D eigenvalue weighted by atomic mass is 19.1. The molecule has 0 radical (unpaired) electrons. The molecule has 1 N–H and O–H groups in total. The highest BCUT2D eigenvalue weighted by Crippen LogP contribution is 2.38. The van der Waals surface area contributed by atoms with Gasteiger partial charge in [0.05, 0.1) is 0 Å². The normalized spacial score (nSPS) is 35.4. The lowest BCUT2D eigenvalue weighted by Crippen LogP contribution is -2.44. The molecule has 2 aliphatic carbocycles. The Labute approximate surface area is 109 Å². The second-order valence-electron chi connectivity index (χ2n) is 6.20. The van der Waals surface area contributed by atoms with Crippen LogP contribution in [0, 0.1) is 11.7 Å². The van der Waals surface area contributed by atoms with Crippen molar-refractivity contribution in [3.05, 3.63) is 35.6 Å². The second kappa shape index (κ2) is 5.00. The number of rotatable bonds is 3. The van der Waals surface area contributed by atoms with Crippen LogP contribution in [0.25, 0.3) is 0 Å². The van der Waals surface area contributed by atoms with Crippen LogP contribution < -0.4 is 5.32 Å². The van der Waals surface area contributed by atoms with E-state index in [1.807, 2.05) is 6.07 Å². The highest BCUT2D eigenvalue weighted by molar-refractivity contribution is 5.23. The number of halogens is 1. The maximum Gasteiger partial charge on any atom is 0.123 e. The van der Waals surface area contributed by atoms with E-state index in [2.05, 4.69) is 18.3 Å². The van der Waals surface area contributed by atoms with E-state index in [0.29, 0.717) is 12.0 Å². The zero-order valence-corrected chi connectivity index (χ0v) is 11.0. The monoisotopic (exact) mass is 247 g/mol. The molecule has 0 spiro atoms. The number of nitrogens with one attached hydrogen (secondary N) is 1. The van der Waals surface area contributed by atoms with Gasteiger partial charge in [-0.2, -0.15) is 0 Å². The summed E-state index contributed by atoms with van der Waals surface area (Å²) in [5.74, 6) is 1.35. The second-order valence-corrected chi connectivity index (χ2v) is 6.20. The van der Waals surface area contributed by atoms with Crippen molar-refractivity contribution >= 4 is 0 Å². The maximum atomic E-state index is 13.1. The van der Waals surface area contributed by atoms with E-state index < -0.39 is 0 Å². The van der Waals surface area contributed by atoms with E-state index in [1.165, 1.54) is 43.7 Å². The summed E-state index contributed by atoms with van der Waals surface area (Å²) in [6.07, 6.45) is 6.39. The summed E-state index contributed by atoms with van der Waals surface area (Å²) in [6.45, 7) is 2.35. The quantitative estimate of drug-likeness (QED) is 0.855. The van der Waals surface area contributed by atoms with E-state index in [4.69, 9.17) is 0 Å². The van der Waals surface area contributed by atoms with Crippen molar-refractivity contribution in [3.8, 4) is 0 Å². The molecule has 1 nitrogen and oxygen atoms in total. The van der Waals surface area contributed by atoms with Crippen molar-refractivity contribution in [2.75, 3.05) is 0 Å². The standard InChI is InChI=1S/C16H22FN/c1-11-5-6-15(7-11)18-16-9-13(10-16)12-3-2-4-14(17)8-12/h2-4,8,11,13,15-16,18H,5-7,9-10H2,1H3. The van der Waals surface area contributed by atoms with Crippen LogP contribution >= 0.6 is 0 Å². The van der Waals surface area contributed by atoms with E-state index >= 15 is 0 Å². The Kier molecular flexibility index (Phi) is 3.38. The predicted octanol–water partition coefficient (Wildman–Crippen LogP) is 3.85. The Balaban J connectivity index is 1.48. The van der Waals surface area contributed by atoms with Gasteiger partial charge in [-0.25, -0.2) is 4.39 Å². The molecular weight excluding hydrogens is 225 g/mol. The molecule has 98 valence electrons. The first kappa shape index (κ1) is 12.2. The lowest BCUT2D eigenvalue weighted by atomic mass is 9.75. The fourth-order valence-corrected chi connectivity index (χ4v) is 3.48. The van der Waals surface area contributed by atoms with Crippen LogP contribution in [0.4, 0.5) is 4.39 Å². The van der Waals surface area contributed by atoms with Gasteiger partial charge in [-0.3, -0.25) is 0 Å². The Bertz CT molecular complexity index is 411. The smallest absolute Gasteiger partial charge is 0.123 e. The summed E-state index contributed by atoms with van der Waals surface area (Å²) >= 11 is 0. The van der Waals surface area contributed by atoms with Gasteiger partial charge in [0.2, 0.25) is 0 Å². The van der Waals surface area contributed by atoms with Crippen LogP contribution in [0.5, 0.6) is 0 Å². The van der Waals surface area contributed by atoms with Gasteiger partial charge in [-0.15, -0.1) is 0 Å². The van der Waals surface area contributed by atoms with Crippen molar-refractivity contribution in [3.63, 3.8) is 0 Å². The maximum absolute atomic E-state index is 13.1. The minimum Gasteiger partial charge on any atom is -0.311 e. The van der Waals surface area contributed by atoms with Crippen molar-refractivity contribution < 1.29 is 4.39 Å². The van der Waals surface area contributed by atoms with Gasteiger partial charge in [-0.05, 0) is 61.6 Å². The minimum atomic E-state index is -0.103. The van der Waals surface area contributed by atoms with Crippen molar-refractivity contribution in [2.45, 2.75) is 57.0 Å². The Morgan fingerprint density at radius 1 is 1.11 bits per heavy atom. The molecule has 0 aromatic heterocycles. The molecular formula is C16H22FN. The molecule has 0 heterocycles. The zero-order chi connectivity index (χ0) is 12.5. The number of benzene rings is 1. The van der Waals surface area contributed by atoms with Crippen LogP contribution in [0.1, 0.15) is 50.5 Å². The highest BCUT2D eigenvalue weighted by Gasteiger charge is 2.33. The van der Waals surface area contributed by atoms with E-state index in [-0.39, 0.29) is 5.82 Å². The Morgan fingerprint density at radius 3 is 2.61 bits per heavy atom. The molecule has 2 atom stereocenters. The molecule has 2 aliphatic rings. The molecule has 0 bridgehead atoms. The number of hydrogen-bond acceptors (Lipinski definition) is 1. The Hall–Kier alpha value is -0.890. The molecule has 0 amide bonds. The molecule has 2 saturated carbocycles. The molecule has 1 aromatic rings. The van der Waals surface area contributed by atoms with Gasteiger partial charge in [0, 0.05) is 12.1 Å². The summed E-state index contributed by atoms with van der Waals surface area (Å²) in [7, 11) is 0. The average Bonchev–Trinajstić information content (AvgIpc) is 2.69. The number of hydrogen-bond donors (Lipinski definition) is 1. The van der Waals surface area contributed by atoms with E-state index in [1.54, 1.807) is 6.07 Å². The lowest BCUT2D eigenvalue weighted by Gasteiger charge is -2.38. The van der Waals surface area contributed by atoms with Gasteiger partial charge in [-0.1, -0.05) is 19.1 Å². The third-order valence-electron chi connectivity index (χ3n) is 4.62. The molecule has 2 unspecified atom stereocenters. The molecule has 3 rings (SSSR count). The summed E-state index contributed by atoms with van der Waals surface area (Å²) in [5.41, 5.74) is 1.17. The van der Waals surface area contributed by atoms with Crippen LogP contribution in [-0.4, -0.2) is 12.1 Å². The summed E-state index contributed by atoms with van der Waals surface area (Å²) < 4.78 is 13.1. The summed E-state index contributed by atoms with van der Waals surface area (Å²) in [4.78, 5) is 0. The van der Waals surface area contributed by atoms with E-state index in [9.17, 15) is 4.39 Å². The predicted molar refractivity (Wildman–Crippen MR) is 72.1 cm³/mol. The lowest BCUT2D eigenvalue weighted by molar-refractivity contribution is 0.263. The molecule has 2 fully saturated rings. The van der Waals surface area contributed by atoms with Gasteiger partial charge < -0.3 is 5.32 Å². The summed E-state index contributed by atoms with van der Waals surface area (Å²) in [5, 5.41) is 3.77. The largest absolute Gasteiger partial charge is 0.311 e. The minimum absolute atomic E-state index is 0.103. The third-order valence-corrected chi connectivity index (χ3v) is 4.62. The molecule has 2 heteroatoms. The van der Waals surface area contributed by atoms with Gasteiger partial charge >= 0.3 is 0 Å². The van der Waals surface area contributed by atoms with Crippen LogP contribution in [0.2, 0.25) is 0 Å². The SMILES string of the molecule is CC1CCC(NC2CC(c3cccc(F)c3)C2)C1. The molecule has 0 saturated heterocycles. The van der Waals surface area contributed by atoms with Crippen LogP contribution in [-0.2, 0) is 0 Å². The fourth-order valence-electron chi connectivity index (χ4n) is 3.48. The Morgan fingerprint density at radius 2 is 1.94 bits per heavy atom. The molecule has 18 heavy (non-hydrogen) atoms. The van der Waals surface area contributed by atoms with Gasteiger partial charge in [0.15, 0.2) is 0 Å². The topological polar surface area (TPSA) is 12.0 Å². The first-order valence-corrected chi connectivity index (χ1v) is 7.22. The average molecular weight is 247 g/mol. The fraction of sp³-hybridized carbons (Fsp3) is 0.625. The first-order chi connectivity index (χ1) is 8.70. The van der Waals surface area contributed by atoms with Gasteiger partial charge in [0.1, 0.15) is 5.82 Å². The third kappa shape index (κ3) is 2.59. The van der Waals surface area contributed by atoms with Crippen molar-refractivity contribution in [2.24, 2.45) is 5.92 Å². The molecule has 1 aromatic carbocycles. The zero-order valence-electron chi connectivity index (χ0n) is 11.0. The van der Waals surface area contributed by atoms with Gasteiger partial charge in [0.25, 0.3) is 0 Å². The first-order valence-electron chi connectivity index (χ1n) is 7.22. The van der Waals surface area contributed by atoms with E-state index in [0.717, 1.165) is 12.0 Å². The van der Waals surface area contributed by atoms with Crippen molar-refractivity contribution in [1.82, 2.24) is 5.32 Å². The summed E-state index contributed by atoms with van der Waals surface area (Å²) in [6, 6.07) is 8.49. The van der Waals surface area contributed by atoms with Crippen molar-refractivity contribution in [1.29, 1.82) is 0 Å². The van der Waals surface area contributed by atoms with Crippen LogP contribution in [0.15, 0.2) is 24.3 Å². The van der Waals surface area contributed by atoms with Crippen LogP contribution in [0.3, 0.4) is 0 Å².